The largest absolute Gasteiger partial charge is 0.240 e. The summed E-state index contributed by atoms with van der Waals surface area (Å²) in [6, 6.07) is 8.26. The van der Waals surface area contributed by atoms with Crippen molar-refractivity contribution in [3.05, 3.63) is 47.6 Å². The number of halogens is 1. The molecule has 0 saturated carbocycles. The average Bonchev–Trinajstić information content (AvgIpc) is 2.47. The predicted octanol–water partition coefficient (Wildman–Crippen LogP) is 3.28. The fourth-order valence-electron chi connectivity index (χ4n) is 2.43. The van der Waals surface area contributed by atoms with E-state index in [4.69, 9.17) is 11.6 Å². The summed E-state index contributed by atoms with van der Waals surface area (Å²) in [7, 11) is -3.51. The van der Waals surface area contributed by atoms with E-state index in [1.165, 1.54) is 0 Å². The Kier molecular flexibility index (Phi) is 3.97. The molecule has 1 atom stereocenters. The van der Waals surface area contributed by atoms with Gasteiger partial charge >= 0.3 is 0 Å². The second-order valence-electron chi connectivity index (χ2n) is 5.09. The second-order valence-corrected chi connectivity index (χ2v) is 7.19. The molecule has 0 spiro atoms. The summed E-state index contributed by atoms with van der Waals surface area (Å²) in [5, 5.41) is 1.15. The van der Waals surface area contributed by atoms with Gasteiger partial charge in [0.2, 0.25) is 10.0 Å². The lowest BCUT2D eigenvalue weighted by atomic mass is 10.0. The first kappa shape index (κ1) is 14.5. The Hall–Kier alpha value is -1.43. The van der Waals surface area contributed by atoms with Crippen LogP contribution in [0.15, 0.2) is 47.4 Å². The molecule has 1 aromatic heterocycles. The van der Waals surface area contributed by atoms with Crippen molar-refractivity contribution < 1.29 is 8.42 Å². The first-order chi connectivity index (χ1) is 10.0. The molecule has 1 aliphatic rings. The number of nitrogens with zero attached hydrogens (tertiary/aromatic N) is 1. The number of benzene rings is 1. The Morgan fingerprint density at radius 3 is 2.81 bits per heavy atom. The monoisotopic (exact) mass is 322 g/mol. The summed E-state index contributed by atoms with van der Waals surface area (Å²) >= 11 is 5.83. The van der Waals surface area contributed by atoms with Crippen LogP contribution in [0, 0.1) is 0 Å². The van der Waals surface area contributed by atoms with Gasteiger partial charge in [-0.15, -0.1) is 0 Å². The van der Waals surface area contributed by atoms with Crippen LogP contribution in [-0.2, 0) is 10.0 Å². The van der Waals surface area contributed by atoms with Gasteiger partial charge in [0.15, 0.2) is 0 Å². The highest BCUT2D eigenvalue weighted by molar-refractivity contribution is 7.89. The van der Waals surface area contributed by atoms with Gasteiger partial charge in [0.25, 0.3) is 0 Å². The fraction of sp³-hybridized carbons (Fsp3) is 0.267. The molecule has 1 aromatic carbocycles. The average molecular weight is 323 g/mol. The number of fused-ring (bicyclic) bond motifs is 1. The van der Waals surface area contributed by atoms with Crippen LogP contribution in [0.4, 0.5) is 0 Å². The lowest BCUT2D eigenvalue weighted by molar-refractivity contribution is 0.522. The van der Waals surface area contributed by atoms with Gasteiger partial charge in [-0.2, -0.15) is 0 Å². The molecule has 0 radical (unpaired) electrons. The lowest BCUT2D eigenvalue weighted by Crippen LogP contribution is -2.35. The highest BCUT2D eigenvalue weighted by Crippen LogP contribution is 2.21. The van der Waals surface area contributed by atoms with Crippen LogP contribution in [0.3, 0.4) is 0 Å². The molecule has 0 amide bonds. The topological polar surface area (TPSA) is 59.1 Å². The molecule has 0 aliphatic heterocycles. The molecule has 0 bridgehead atoms. The van der Waals surface area contributed by atoms with E-state index in [0.29, 0.717) is 10.7 Å². The zero-order valence-corrected chi connectivity index (χ0v) is 12.9. The van der Waals surface area contributed by atoms with Crippen LogP contribution in [0.25, 0.3) is 10.9 Å². The quantitative estimate of drug-likeness (QED) is 0.697. The van der Waals surface area contributed by atoms with E-state index in [-0.39, 0.29) is 10.9 Å². The second kappa shape index (κ2) is 5.75. The maximum atomic E-state index is 12.4. The molecule has 1 heterocycles. The van der Waals surface area contributed by atoms with Crippen molar-refractivity contribution in [3.63, 3.8) is 0 Å². The summed E-state index contributed by atoms with van der Waals surface area (Å²) in [5.41, 5.74) is 0.682. The van der Waals surface area contributed by atoms with Gasteiger partial charge in [-0.3, -0.25) is 0 Å². The van der Waals surface area contributed by atoms with E-state index in [2.05, 4.69) is 15.8 Å². The summed E-state index contributed by atoms with van der Waals surface area (Å²) in [5.74, 6) is 0. The van der Waals surface area contributed by atoms with E-state index >= 15 is 0 Å². The Morgan fingerprint density at radius 2 is 2.05 bits per heavy atom. The van der Waals surface area contributed by atoms with E-state index in [9.17, 15) is 8.42 Å². The molecule has 4 nitrogen and oxygen atoms in total. The highest BCUT2D eigenvalue weighted by atomic mass is 35.5. The Balaban J connectivity index is 1.91. The molecule has 3 rings (SSSR count). The third kappa shape index (κ3) is 3.26. The standard InChI is InChI=1S/C15H15ClN2O2S/c16-15-9-6-11-10-13(7-8-14(11)17-15)21(19,20)18-12-4-2-1-3-5-12/h1-2,6-10,12,18H,3-5H2. The van der Waals surface area contributed by atoms with Crippen molar-refractivity contribution in [2.75, 3.05) is 0 Å². The number of hydrogen-bond donors (Lipinski definition) is 1. The number of hydrogen-bond acceptors (Lipinski definition) is 3. The molecule has 21 heavy (non-hydrogen) atoms. The molecule has 2 aromatic rings. The maximum Gasteiger partial charge on any atom is 0.240 e. The minimum Gasteiger partial charge on any atom is -0.236 e. The number of pyridine rings is 1. The van der Waals surface area contributed by atoms with E-state index in [1.54, 1.807) is 30.3 Å². The van der Waals surface area contributed by atoms with Crippen LogP contribution in [-0.4, -0.2) is 19.4 Å². The third-order valence-electron chi connectivity index (χ3n) is 3.53. The minimum absolute atomic E-state index is 0.0287. The summed E-state index contributed by atoms with van der Waals surface area (Å²) in [6.07, 6.45) is 6.58. The van der Waals surface area contributed by atoms with Crippen LogP contribution in [0.5, 0.6) is 0 Å². The zero-order chi connectivity index (χ0) is 14.9. The number of rotatable bonds is 3. The molecule has 0 saturated heterocycles. The van der Waals surface area contributed by atoms with Gasteiger partial charge < -0.3 is 0 Å². The Morgan fingerprint density at radius 1 is 1.19 bits per heavy atom. The van der Waals surface area contributed by atoms with Crippen molar-refractivity contribution in [2.24, 2.45) is 0 Å². The molecular weight excluding hydrogens is 308 g/mol. The number of allylic oxidation sites excluding steroid dienone is 1. The zero-order valence-electron chi connectivity index (χ0n) is 11.3. The summed E-state index contributed by atoms with van der Waals surface area (Å²) < 4.78 is 27.6. The van der Waals surface area contributed by atoms with Gasteiger partial charge in [-0.25, -0.2) is 18.1 Å². The van der Waals surface area contributed by atoms with Crippen LogP contribution >= 0.6 is 11.6 Å². The first-order valence-electron chi connectivity index (χ1n) is 6.78. The van der Waals surface area contributed by atoms with Crippen molar-refractivity contribution in [1.82, 2.24) is 9.71 Å². The minimum atomic E-state index is -3.51. The molecule has 1 N–H and O–H groups in total. The smallest absolute Gasteiger partial charge is 0.236 e. The van der Waals surface area contributed by atoms with Gasteiger partial charge in [0.1, 0.15) is 5.15 Å². The molecule has 1 unspecified atom stereocenters. The SMILES string of the molecule is O=S(=O)(NC1CC=CCC1)c1ccc2nc(Cl)ccc2c1. The van der Waals surface area contributed by atoms with Crippen molar-refractivity contribution in [2.45, 2.75) is 30.2 Å². The normalized spacial score (nSPS) is 19.0. The molecule has 1 aliphatic carbocycles. The molecule has 6 heteroatoms. The van der Waals surface area contributed by atoms with Crippen LogP contribution in [0.2, 0.25) is 5.15 Å². The third-order valence-corrected chi connectivity index (χ3v) is 5.26. The Bertz CT molecular complexity index is 802. The summed E-state index contributed by atoms with van der Waals surface area (Å²) in [6.45, 7) is 0. The lowest BCUT2D eigenvalue weighted by Gasteiger charge is -2.19. The van der Waals surface area contributed by atoms with Crippen molar-refractivity contribution in [3.8, 4) is 0 Å². The van der Waals surface area contributed by atoms with Crippen LogP contribution in [0.1, 0.15) is 19.3 Å². The maximum absolute atomic E-state index is 12.4. The van der Waals surface area contributed by atoms with Crippen molar-refractivity contribution >= 4 is 32.5 Å². The fourth-order valence-corrected chi connectivity index (χ4v) is 3.91. The van der Waals surface area contributed by atoms with E-state index < -0.39 is 10.0 Å². The van der Waals surface area contributed by atoms with Crippen molar-refractivity contribution in [1.29, 1.82) is 0 Å². The van der Waals surface area contributed by atoms with Crippen LogP contribution < -0.4 is 4.72 Å². The van der Waals surface area contributed by atoms with Gasteiger partial charge in [-0.1, -0.05) is 23.8 Å². The van der Waals surface area contributed by atoms with Gasteiger partial charge in [-0.05, 0) is 49.6 Å². The molecule has 0 fully saturated rings. The van der Waals surface area contributed by atoms with E-state index in [0.717, 1.165) is 24.6 Å². The van der Waals surface area contributed by atoms with Gasteiger partial charge in [0, 0.05) is 11.4 Å². The first-order valence-corrected chi connectivity index (χ1v) is 8.64. The Labute approximate surface area is 128 Å². The predicted molar refractivity (Wildman–Crippen MR) is 83.9 cm³/mol. The highest BCUT2D eigenvalue weighted by Gasteiger charge is 2.20. The van der Waals surface area contributed by atoms with Gasteiger partial charge in [0.05, 0.1) is 10.4 Å². The number of nitrogens with one attached hydrogen (secondary N) is 1. The number of sulfonamides is 1. The summed E-state index contributed by atoms with van der Waals surface area (Å²) in [4.78, 5) is 4.41. The van der Waals surface area contributed by atoms with E-state index in [1.807, 2.05) is 6.08 Å². The number of aromatic nitrogens is 1. The molecular formula is C15H15ClN2O2S. The molecule has 110 valence electrons.